The average molecular weight is 423 g/mol. The van der Waals surface area contributed by atoms with Crippen LogP contribution in [0.5, 0.6) is 5.75 Å². The minimum absolute atomic E-state index is 0.0109. The van der Waals surface area contributed by atoms with E-state index in [9.17, 15) is 4.79 Å². The molecule has 0 fully saturated rings. The molecule has 0 bridgehead atoms. The monoisotopic (exact) mass is 421 g/mol. The highest BCUT2D eigenvalue weighted by Crippen LogP contribution is 2.32. The topological polar surface area (TPSA) is 73.3 Å². The molecular weight excluding hydrogens is 410 g/mol. The summed E-state index contributed by atoms with van der Waals surface area (Å²) in [5, 5.41) is 3.19. The molecule has 128 valence electrons. The number of amides is 1. The fraction of sp³-hybridized carbons (Fsp3) is 0.118. The van der Waals surface area contributed by atoms with Crippen LogP contribution < -0.4 is 10.1 Å². The predicted molar refractivity (Wildman–Crippen MR) is 99.0 cm³/mol. The number of methoxy groups -OCH3 is 1. The molecule has 3 aromatic rings. The van der Waals surface area contributed by atoms with E-state index in [2.05, 4.69) is 31.2 Å². The Morgan fingerprint density at radius 2 is 2.00 bits per heavy atom. The number of aromatic nitrogens is 2. The second kappa shape index (κ2) is 7.67. The molecule has 0 atom stereocenters. The fourth-order valence-electron chi connectivity index (χ4n) is 2.21. The van der Waals surface area contributed by atoms with Gasteiger partial charge in [-0.05, 0) is 45.2 Å². The summed E-state index contributed by atoms with van der Waals surface area (Å²) >= 11 is 9.37. The zero-order valence-corrected chi connectivity index (χ0v) is 15.5. The van der Waals surface area contributed by atoms with E-state index in [0.717, 1.165) is 5.56 Å². The molecular formula is C17H13BrClN3O3. The molecule has 6 nitrogen and oxygen atoms in total. The average Bonchev–Trinajstić information content (AvgIpc) is 2.61. The molecule has 1 N–H and O–H groups in total. The number of anilines is 1. The summed E-state index contributed by atoms with van der Waals surface area (Å²) in [6.07, 6.45) is -0.640. The summed E-state index contributed by atoms with van der Waals surface area (Å²) in [6.45, 7) is 0.149. The van der Waals surface area contributed by atoms with Crippen LogP contribution in [0.15, 0.2) is 46.9 Å². The zero-order chi connectivity index (χ0) is 17.8. The van der Waals surface area contributed by atoms with Crippen LogP contribution in [0.25, 0.3) is 10.9 Å². The smallest absolute Gasteiger partial charge is 0.413 e. The van der Waals surface area contributed by atoms with E-state index < -0.39 is 6.09 Å². The summed E-state index contributed by atoms with van der Waals surface area (Å²) in [5.74, 6) is 0.832. The Labute approximate surface area is 157 Å². The molecule has 3 rings (SSSR count). The summed E-state index contributed by atoms with van der Waals surface area (Å²) < 4.78 is 11.1. The molecule has 0 aliphatic rings. The van der Waals surface area contributed by atoms with Gasteiger partial charge < -0.3 is 9.47 Å². The van der Waals surface area contributed by atoms with Crippen LogP contribution >= 0.6 is 27.5 Å². The molecule has 8 heteroatoms. The summed E-state index contributed by atoms with van der Waals surface area (Å²) in [6, 6.07) is 12.8. The maximum Gasteiger partial charge on any atom is 0.413 e. The third-order valence-corrected chi connectivity index (χ3v) is 4.14. The lowest BCUT2D eigenvalue weighted by Crippen LogP contribution is -2.15. The maximum absolute atomic E-state index is 12.1. The molecule has 2 aromatic carbocycles. The lowest BCUT2D eigenvalue weighted by Gasteiger charge is -2.11. The van der Waals surface area contributed by atoms with Crippen molar-refractivity contribution in [2.24, 2.45) is 0 Å². The summed E-state index contributed by atoms with van der Waals surface area (Å²) in [7, 11) is 1.55. The van der Waals surface area contributed by atoms with E-state index in [-0.39, 0.29) is 17.7 Å². The van der Waals surface area contributed by atoms with Crippen LogP contribution in [0.4, 0.5) is 10.6 Å². The van der Waals surface area contributed by atoms with E-state index in [1.807, 2.05) is 30.3 Å². The van der Waals surface area contributed by atoms with E-state index in [1.54, 1.807) is 19.2 Å². The number of hydrogen-bond donors (Lipinski definition) is 1. The first-order valence-electron chi connectivity index (χ1n) is 7.25. The highest BCUT2D eigenvalue weighted by Gasteiger charge is 2.14. The SMILES string of the molecule is COc1cc(Br)c2nc(Cl)nc(NC(=O)OCc3ccccc3)c2c1. The first kappa shape index (κ1) is 17.4. The number of carbonyl (C=O) groups excluding carboxylic acids is 1. The normalized spacial score (nSPS) is 10.5. The maximum atomic E-state index is 12.1. The largest absolute Gasteiger partial charge is 0.497 e. The zero-order valence-electron chi connectivity index (χ0n) is 13.1. The van der Waals surface area contributed by atoms with E-state index >= 15 is 0 Å². The number of fused-ring (bicyclic) bond motifs is 1. The predicted octanol–water partition coefficient (Wildman–Crippen LogP) is 4.80. The molecule has 1 aromatic heterocycles. The Morgan fingerprint density at radius 1 is 1.24 bits per heavy atom. The quantitative estimate of drug-likeness (QED) is 0.611. The number of hydrogen-bond acceptors (Lipinski definition) is 5. The highest BCUT2D eigenvalue weighted by atomic mass is 79.9. The van der Waals surface area contributed by atoms with Gasteiger partial charge in [-0.2, -0.15) is 4.98 Å². The van der Waals surface area contributed by atoms with Crippen molar-refractivity contribution in [2.45, 2.75) is 6.61 Å². The van der Waals surface area contributed by atoms with E-state index in [0.29, 0.717) is 21.1 Å². The number of ether oxygens (including phenoxy) is 2. The lowest BCUT2D eigenvalue weighted by atomic mass is 10.2. The number of carbonyl (C=O) groups is 1. The van der Waals surface area contributed by atoms with Crippen LogP contribution in [0, 0.1) is 0 Å². The molecule has 25 heavy (non-hydrogen) atoms. The van der Waals surface area contributed by atoms with Crippen molar-refractivity contribution in [1.82, 2.24) is 9.97 Å². The van der Waals surface area contributed by atoms with Gasteiger partial charge in [0.2, 0.25) is 5.28 Å². The number of rotatable bonds is 4. The van der Waals surface area contributed by atoms with Crippen LogP contribution in [-0.4, -0.2) is 23.2 Å². The van der Waals surface area contributed by atoms with Crippen molar-refractivity contribution >= 4 is 50.3 Å². The van der Waals surface area contributed by atoms with Crippen molar-refractivity contribution in [3.63, 3.8) is 0 Å². The van der Waals surface area contributed by atoms with Gasteiger partial charge in [0, 0.05) is 9.86 Å². The molecule has 0 saturated carbocycles. The first-order chi connectivity index (χ1) is 12.1. The molecule has 0 aliphatic heterocycles. The van der Waals surface area contributed by atoms with Gasteiger partial charge in [-0.1, -0.05) is 30.3 Å². The van der Waals surface area contributed by atoms with Gasteiger partial charge in [0.05, 0.1) is 12.6 Å². The van der Waals surface area contributed by atoms with Crippen molar-refractivity contribution < 1.29 is 14.3 Å². The molecule has 0 radical (unpaired) electrons. The van der Waals surface area contributed by atoms with Crippen molar-refractivity contribution in [2.75, 3.05) is 12.4 Å². The third kappa shape index (κ3) is 4.18. The Bertz CT molecular complexity index is 922. The number of nitrogens with one attached hydrogen (secondary N) is 1. The van der Waals surface area contributed by atoms with Gasteiger partial charge in [-0.15, -0.1) is 0 Å². The number of nitrogens with zero attached hydrogens (tertiary/aromatic N) is 2. The minimum atomic E-state index is -0.640. The second-order valence-electron chi connectivity index (χ2n) is 5.03. The van der Waals surface area contributed by atoms with Crippen molar-refractivity contribution in [1.29, 1.82) is 0 Å². The summed E-state index contributed by atoms with van der Waals surface area (Å²) in [5.41, 5.74) is 1.44. The minimum Gasteiger partial charge on any atom is -0.497 e. The lowest BCUT2D eigenvalue weighted by molar-refractivity contribution is 0.155. The third-order valence-electron chi connectivity index (χ3n) is 3.37. The van der Waals surface area contributed by atoms with Gasteiger partial charge in [-0.25, -0.2) is 9.78 Å². The summed E-state index contributed by atoms with van der Waals surface area (Å²) in [4.78, 5) is 20.4. The van der Waals surface area contributed by atoms with Crippen LogP contribution in [0.2, 0.25) is 5.28 Å². The van der Waals surface area contributed by atoms with Gasteiger partial charge in [0.1, 0.15) is 18.2 Å². The Balaban J connectivity index is 1.84. The van der Waals surface area contributed by atoms with Crippen molar-refractivity contribution in [3.05, 3.63) is 57.8 Å². The molecule has 0 unspecified atom stereocenters. The molecule has 0 spiro atoms. The van der Waals surface area contributed by atoms with Crippen molar-refractivity contribution in [3.8, 4) is 5.75 Å². The number of halogens is 2. The van der Waals surface area contributed by atoms with E-state index in [1.165, 1.54) is 0 Å². The Morgan fingerprint density at radius 3 is 2.72 bits per heavy atom. The van der Waals surface area contributed by atoms with Gasteiger partial charge in [-0.3, -0.25) is 5.32 Å². The van der Waals surface area contributed by atoms with Crippen LogP contribution in [-0.2, 0) is 11.3 Å². The Kier molecular flexibility index (Phi) is 5.35. The highest BCUT2D eigenvalue weighted by molar-refractivity contribution is 9.10. The van der Waals surface area contributed by atoms with Gasteiger partial charge >= 0.3 is 6.09 Å². The fourth-order valence-corrected chi connectivity index (χ4v) is 2.90. The first-order valence-corrected chi connectivity index (χ1v) is 8.42. The standard InChI is InChI=1S/C17H13BrClN3O3/c1-24-11-7-12-14(13(18)8-11)20-16(19)21-15(12)22-17(23)25-9-10-5-3-2-4-6-10/h2-8H,9H2,1H3,(H,20,21,22,23). The number of benzene rings is 2. The van der Waals surface area contributed by atoms with Crippen LogP contribution in [0.3, 0.4) is 0 Å². The molecule has 0 saturated heterocycles. The van der Waals surface area contributed by atoms with Gasteiger partial charge in [0.25, 0.3) is 0 Å². The van der Waals surface area contributed by atoms with Gasteiger partial charge in [0.15, 0.2) is 0 Å². The molecule has 0 aliphatic carbocycles. The van der Waals surface area contributed by atoms with Crippen LogP contribution in [0.1, 0.15) is 5.56 Å². The second-order valence-corrected chi connectivity index (χ2v) is 6.23. The Hall–Kier alpha value is -2.38. The molecule has 1 amide bonds. The van der Waals surface area contributed by atoms with E-state index in [4.69, 9.17) is 21.1 Å². The molecule has 1 heterocycles.